The van der Waals surface area contributed by atoms with Crippen LogP contribution in [0.25, 0.3) is 21.9 Å². The maximum absolute atomic E-state index is 11.6. The minimum absolute atomic E-state index is 0.00546. The number of nitrogens with two attached hydrogens (primary N) is 2. The number of nitrogens with zero attached hydrogens (tertiary/aromatic N) is 3. The van der Waals surface area contributed by atoms with Crippen molar-refractivity contribution < 1.29 is 14.7 Å². The van der Waals surface area contributed by atoms with Gasteiger partial charge in [-0.05, 0) is 48.4 Å². The summed E-state index contributed by atoms with van der Waals surface area (Å²) in [6, 6.07) is 11.1. The molecule has 1 aromatic carbocycles. The molecule has 5 N–H and O–H groups in total. The highest BCUT2D eigenvalue weighted by Crippen LogP contribution is 2.34. The Hall–Kier alpha value is -3.69. The van der Waals surface area contributed by atoms with Gasteiger partial charge in [-0.1, -0.05) is 0 Å². The van der Waals surface area contributed by atoms with E-state index in [-0.39, 0.29) is 13.0 Å². The van der Waals surface area contributed by atoms with Gasteiger partial charge in [-0.15, -0.1) is 11.3 Å². The number of carbonyl (C=O) groups is 2. The summed E-state index contributed by atoms with van der Waals surface area (Å²) in [5.74, 6) is -1.39. The Morgan fingerprint density at radius 1 is 1.16 bits per heavy atom. The zero-order valence-corrected chi connectivity index (χ0v) is 17.4. The molecule has 0 saturated carbocycles. The molecule has 0 saturated heterocycles. The van der Waals surface area contributed by atoms with Gasteiger partial charge in [0.1, 0.15) is 0 Å². The Kier molecular flexibility index (Phi) is 5.70. The van der Waals surface area contributed by atoms with Gasteiger partial charge in [0.2, 0.25) is 5.91 Å². The molecule has 0 radical (unpaired) electrons. The molecule has 0 bridgehead atoms. The maximum atomic E-state index is 11.6. The number of carbonyl (C=O) groups excluding carboxylic acids is 1. The van der Waals surface area contributed by atoms with Gasteiger partial charge in [-0.2, -0.15) is 0 Å². The zero-order chi connectivity index (χ0) is 22.0. The second-order valence-electron chi connectivity index (χ2n) is 6.99. The summed E-state index contributed by atoms with van der Waals surface area (Å²) in [7, 11) is 0. The monoisotopic (exact) mass is 435 g/mol. The van der Waals surface area contributed by atoms with Crippen LogP contribution in [-0.4, -0.2) is 31.1 Å². The number of benzene rings is 1. The largest absolute Gasteiger partial charge is 0.481 e. The SMILES string of the molecule is NCc1cc(C(N)=O)ccc1-n1c(CCC(=O)O)ccc1-c1cc(-n2ccnc2)cs1. The van der Waals surface area contributed by atoms with Gasteiger partial charge in [0.15, 0.2) is 0 Å². The topological polar surface area (TPSA) is 129 Å². The van der Waals surface area contributed by atoms with Gasteiger partial charge in [0, 0.05) is 35.6 Å². The lowest BCUT2D eigenvalue weighted by molar-refractivity contribution is -0.136. The highest BCUT2D eigenvalue weighted by atomic mass is 32.1. The van der Waals surface area contributed by atoms with Crippen LogP contribution < -0.4 is 11.5 Å². The van der Waals surface area contributed by atoms with Gasteiger partial charge in [0.05, 0.1) is 34.7 Å². The highest BCUT2D eigenvalue weighted by Gasteiger charge is 2.18. The van der Waals surface area contributed by atoms with Crippen molar-refractivity contribution in [3.63, 3.8) is 0 Å². The third kappa shape index (κ3) is 4.14. The minimum atomic E-state index is -0.865. The number of imidazole rings is 1. The average molecular weight is 436 g/mol. The van der Waals surface area contributed by atoms with Crippen molar-refractivity contribution in [3.05, 3.63) is 77.3 Å². The van der Waals surface area contributed by atoms with Crippen molar-refractivity contribution >= 4 is 23.2 Å². The molecule has 1 amide bonds. The number of primary amides is 1. The number of hydrogen-bond donors (Lipinski definition) is 3. The molecule has 8 nitrogen and oxygen atoms in total. The molecule has 0 aliphatic rings. The number of aliphatic carboxylic acids is 1. The number of aromatic nitrogens is 3. The van der Waals surface area contributed by atoms with E-state index in [9.17, 15) is 14.7 Å². The molecule has 0 unspecified atom stereocenters. The predicted octanol–water partition coefficient (Wildman–Crippen LogP) is 2.97. The van der Waals surface area contributed by atoms with E-state index in [1.807, 2.05) is 32.8 Å². The molecular formula is C22H21N5O3S. The van der Waals surface area contributed by atoms with E-state index >= 15 is 0 Å². The van der Waals surface area contributed by atoms with Crippen molar-refractivity contribution in [2.24, 2.45) is 11.5 Å². The lowest BCUT2D eigenvalue weighted by atomic mass is 10.1. The predicted molar refractivity (Wildman–Crippen MR) is 119 cm³/mol. The number of amides is 1. The number of carboxylic acids is 1. The molecule has 4 aromatic rings. The van der Waals surface area contributed by atoms with Gasteiger partial charge < -0.3 is 25.7 Å². The fourth-order valence-corrected chi connectivity index (χ4v) is 4.42. The van der Waals surface area contributed by atoms with Crippen LogP contribution in [0.15, 0.2) is 60.5 Å². The van der Waals surface area contributed by atoms with E-state index in [4.69, 9.17) is 11.5 Å². The lowest BCUT2D eigenvalue weighted by Crippen LogP contribution is -2.14. The summed E-state index contributed by atoms with van der Waals surface area (Å²) in [4.78, 5) is 27.9. The fourth-order valence-electron chi connectivity index (χ4n) is 3.51. The third-order valence-electron chi connectivity index (χ3n) is 5.02. The molecule has 0 aliphatic carbocycles. The number of rotatable bonds is 8. The Bertz CT molecular complexity index is 1240. The first-order chi connectivity index (χ1) is 15.0. The van der Waals surface area contributed by atoms with Crippen LogP contribution in [0.2, 0.25) is 0 Å². The number of thiophene rings is 1. The molecular weight excluding hydrogens is 414 g/mol. The van der Waals surface area contributed by atoms with Gasteiger partial charge in [-0.3, -0.25) is 9.59 Å². The van der Waals surface area contributed by atoms with E-state index in [1.165, 1.54) is 0 Å². The molecule has 3 heterocycles. The van der Waals surface area contributed by atoms with Crippen LogP contribution in [0.1, 0.15) is 28.0 Å². The average Bonchev–Trinajstić information content (AvgIpc) is 3.51. The van der Waals surface area contributed by atoms with Crippen molar-refractivity contribution in [3.8, 4) is 21.9 Å². The van der Waals surface area contributed by atoms with E-state index in [0.29, 0.717) is 12.0 Å². The van der Waals surface area contributed by atoms with Gasteiger partial charge >= 0.3 is 5.97 Å². The Morgan fingerprint density at radius 3 is 2.68 bits per heavy atom. The van der Waals surface area contributed by atoms with Gasteiger partial charge in [-0.25, -0.2) is 4.98 Å². The minimum Gasteiger partial charge on any atom is -0.481 e. The Labute approximate surface area is 182 Å². The number of carboxylic acid groups (broad SMARTS) is 1. The van der Waals surface area contributed by atoms with E-state index in [2.05, 4.69) is 11.1 Å². The second kappa shape index (κ2) is 8.58. The van der Waals surface area contributed by atoms with Crippen LogP contribution in [-0.2, 0) is 17.8 Å². The van der Waals surface area contributed by atoms with Crippen molar-refractivity contribution in [1.82, 2.24) is 14.1 Å². The second-order valence-corrected chi connectivity index (χ2v) is 7.90. The molecule has 0 fully saturated rings. The number of hydrogen-bond acceptors (Lipinski definition) is 5. The standard InChI is InChI=1S/C22H21N5O3S/c23-11-15-9-14(22(24)30)1-4-18(15)27-16(3-6-21(28)29)2-5-19(27)20-10-17(12-31-20)26-8-7-25-13-26/h1-2,4-5,7-10,12-13H,3,6,11,23H2,(H2,24,30)(H,28,29). The van der Waals surface area contributed by atoms with Crippen LogP contribution in [0.3, 0.4) is 0 Å². The smallest absolute Gasteiger partial charge is 0.303 e. The van der Waals surface area contributed by atoms with Crippen molar-refractivity contribution in [2.75, 3.05) is 0 Å². The highest BCUT2D eigenvalue weighted by molar-refractivity contribution is 7.13. The normalized spacial score (nSPS) is 11.0. The number of aryl methyl sites for hydroxylation is 1. The summed E-state index contributed by atoms with van der Waals surface area (Å²) < 4.78 is 3.94. The summed E-state index contributed by atoms with van der Waals surface area (Å²) in [6.45, 7) is 0.206. The van der Waals surface area contributed by atoms with Crippen LogP contribution in [0.4, 0.5) is 0 Å². The third-order valence-corrected chi connectivity index (χ3v) is 5.96. The van der Waals surface area contributed by atoms with Crippen LogP contribution >= 0.6 is 11.3 Å². The first-order valence-corrected chi connectivity index (χ1v) is 10.5. The zero-order valence-electron chi connectivity index (χ0n) is 16.6. The van der Waals surface area contributed by atoms with E-state index in [1.54, 1.807) is 42.1 Å². The first-order valence-electron chi connectivity index (χ1n) is 9.60. The summed E-state index contributed by atoms with van der Waals surface area (Å²) >= 11 is 1.58. The first kappa shape index (κ1) is 20.6. The molecule has 4 rings (SSSR count). The molecule has 9 heteroatoms. The molecule has 31 heavy (non-hydrogen) atoms. The summed E-state index contributed by atoms with van der Waals surface area (Å²) in [6.07, 6.45) is 5.69. The molecule has 3 aromatic heterocycles. The fraction of sp³-hybridized carbons (Fsp3) is 0.136. The van der Waals surface area contributed by atoms with E-state index < -0.39 is 11.9 Å². The quantitative estimate of drug-likeness (QED) is 0.392. The lowest BCUT2D eigenvalue weighted by Gasteiger charge is -2.17. The van der Waals surface area contributed by atoms with E-state index in [0.717, 1.165) is 33.2 Å². The molecule has 0 atom stereocenters. The Morgan fingerprint density at radius 2 is 2.00 bits per heavy atom. The maximum Gasteiger partial charge on any atom is 0.303 e. The van der Waals surface area contributed by atoms with Gasteiger partial charge in [0.25, 0.3) is 0 Å². The summed E-state index contributed by atoms with van der Waals surface area (Å²) in [5.41, 5.74) is 16.1. The summed E-state index contributed by atoms with van der Waals surface area (Å²) in [5, 5.41) is 11.2. The van der Waals surface area contributed by atoms with Crippen LogP contribution in [0, 0.1) is 0 Å². The van der Waals surface area contributed by atoms with Crippen molar-refractivity contribution in [2.45, 2.75) is 19.4 Å². The molecule has 158 valence electrons. The Balaban J connectivity index is 1.85. The molecule has 0 aliphatic heterocycles. The van der Waals surface area contributed by atoms with Crippen molar-refractivity contribution in [1.29, 1.82) is 0 Å². The molecule has 0 spiro atoms. The van der Waals surface area contributed by atoms with Crippen LogP contribution in [0.5, 0.6) is 0 Å².